The van der Waals surface area contributed by atoms with Crippen molar-refractivity contribution in [2.75, 3.05) is 7.11 Å². The van der Waals surface area contributed by atoms with Gasteiger partial charge in [-0.2, -0.15) is 0 Å². The minimum atomic E-state index is -0.850. The second-order valence-corrected chi connectivity index (χ2v) is 5.95. The SMILES string of the molecule is COc1ccc(CCC(=O)NC2(CC(=O)O)CCCC2)cc1. The molecule has 2 rings (SSSR count). The first kappa shape index (κ1) is 16.3. The highest BCUT2D eigenvalue weighted by Crippen LogP contribution is 2.32. The van der Waals surface area contributed by atoms with Crippen molar-refractivity contribution in [3.05, 3.63) is 29.8 Å². The molecule has 0 saturated heterocycles. The lowest BCUT2D eigenvalue weighted by molar-refractivity contribution is -0.139. The van der Waals surface area contributed by atoms with Crippen LogP contribution in [0, 0.1) is 0 Å². The van der Waals surface area contributed by atoms with Gasteiger partial charge in [0.05, 0.1) is 19.1 Å². The topological polar surface area (TPSA) is 75.6 Å². The molecule has 1 aliphatic carbocycles. The molecule has 120 valence electrons. The standard InChI is InChI=1S/C17H23NO4/c1-22-14-7-4-13(5-8-14)6-9-15(19)18-17(12-16(20)21)10-2-3-11-17/h4-5,7-8H,2-3,6,9-12H2,1H3,(H,18,19)(H,20,21). The Kier molecular flexibility index (Phi) is 5.41. The van der Waals surface area contributed by atoms with E-state index in [1.54, 1.807) is 7.11 Å². The van der Waals surface area contributed by atoms with E-state index < -0.39 is 11.5 Å². The summed E-state index contributed by atoms with van der Waals surface area (Å²) in [6.45, 7) is 0. The second kappa shape index (κ2) is 7.29. The van der Waals surface area contributed by atoms with E-state index in [4.69, 9.17) is 9.84 Å². The maximum absolute atomic E-state index is 12.2. The van der Waals surface area contributed by atoms with E-state index in [2.05, 4.69) is 5.32 Å². The van der Waals surface area contributed by atoms with Gasteiger partial charge in [-0.25, -0.2) is 0 Å². The van der Waals surface area contributed by atoms with Crippen molar-refractivity contribution < 1.29 is 19.4 Å². The van der Waals surface area contributed by atoms with E-state index >= 15 is 0 Å². The van der Waals surface area contributed by atoms with E-state index in [0.29, 0.717) is 12.8 Å². The molecule has 1 amide bonds. The molecule has 0 aliphatic heterocycles. The van der Waals surface area contributed by atoms with E-state index in [-0.39, 0.29) is 12.3 Å². The van der Waals surface area contributed by atoms with Crippen molar-refractivity contribution in [3.8, 4) is 5.75 Å². The third-order valence-electron chi connectivity index (χ3n) is 4.25. The monoisotopic (exact) mass is 305 g/mol. The van der Waals surface area contributed by atoms with Crippen LogP contribution in [0.5, 0.6) is 5.75 Å². The van der Waals surface area contributed by atoms with E-state index in [1.807, 2.05) is 24.3 Å². The maximum atomic E-state index is 12.2. The largest absolute Gasteiger partial charge is 0.497 e. The van der Waals surface area contributed by atoms with E-state index in [9.17, 15) is 9.59 Å². The Balaban J connectivity index is 1.86. The van der Waals surface area contributed by atoms with Crippen LogP contribution in [-0.2, 0) is 16.0 Å². The zero-order valence-corrected chi connectivity index (χ0v) is 12.9. The Bertz CT molecular complexity index is 518. The lowest BCUT2D eigenvalue weighted by Crippen LogP contribution is -2.47. The summed E-state index contributed by atoms with van der Waals surface area (Å²) >= 11 is 0. The van der Waals surface area contributed by atoms with Gasteiger partial charge >= 0.3 is 5.97 Å². The number of rotatable bonds is 7. The molecule has 0 atom stereocenters. The number of aliphatic carboxylic acids is 1. The quantitative estimate of drug-likeness (QED) is 0.811. The molecule has 1 fully saturated rings. The van der Waals surface area contributed by atoms with Gasteiger partial charge in [0, 0.05) is 6.42 Å². The number of nitrogens with one attached hydrogen (secondary N) is 1. The molecular formula is C17H23NO4. The smallest absolute Gasteiger partial charge is 0.305 e. The fourth-order valence-electron chi connectivity index (χ4n) is 3.10. The predicted octanol–water partition coefficient (Wildman–Crippen LogP) is 2.53. The summed E-state index contributed by atoms with van der Waals surface area (Å²) in [5, 5.41) is 12.0. The highest BCUT2D eigenvalue weighted by Gasteiger charge is 2.37. The molecule has 5 nitrogen and oxygen atoms in total. The Hall–Kier alpha value is -2.04. The van der Waals surface area contributed by atoms with Crippen LogP contribution in [-0.4, -0.2) is 29.6 Å². The van der Waals surface area contributed by atoms with Gasteiger partial charge < -0.3 is 15.2 Å². The van der Waals surface area contributed by atoms with Crippen LogP contribution in [0.1, 0.15) is 44.1 Å². The van der Waals surface area contributed by atoms with Gasteiger partial charge in [0.15, 0.2) is 0 Å². The van der Waals surface area contributed by atoms with E-state index in [0.717, 1.165) is 37.0 Å². The van der Waals surface area contributed by atoms with Crippen molar-refractivity contribution in [3.63, 3.8) is 0 Å². The molecule has 0 radical (unpaired) electrons. The first-order chi connectivity index (χ1) is 10.5. The fraction of sp³-hybridized carbons (Fsp3) is 0.529. The van der Waals surface area contributed by atoms with Crippen molar-refractivity contribution in [2.24, 2.45) is 0 Å². The molecule has 2 N–H and O–H groups in total. The molecule has 22 heavy (non-hydrogen) atoms. The zero-order chi connectivity index (χ0) is 16.0. The molecule has 1 aliphatic rings. The summed E-state index contributed by atoms with van der Waals surface area (Å²) < 4.78 is 5.10. The minimum absolute atomic E-state index is 0.0152. The van der Waals surface area contributed by atoms with Gasteiger partial charge in [0.2, 0.25) is 5.91 Å². The Morgan fingerprint density at radius 1 is 1.23 bits per heavy atom. The van der Waals surface area contributed by atoms with Gasteiger partial charge in [-0.05, 0) is 37.0 Å². The fourth-order valence-corrected chi connectivity index (χ4v) is 3.10. The van der Waals surface area contributed by atoms with Gasteiger partial charge in [0.25, 0.3) is 0 Å². The number of carbonyl (C=O) groups is 2. The third-order valence-corrected chi connectivity index (χ3v) is 4.25. The number of amides is 1. The normalized spacial score (nSPS) is 16.2. The van der Waals surface area contributed by atoms with Crippen molar-refractivity contribution in [1.29, 1.82) is 0 Å². The van der Waals surface area contributed by atoms with Gasteiger partial charge in [0.1, 0.15) is 5.75 Å². The minimum Gasteiger partial charge on any atom is -0.497 e. The molecule has 1 aromatic rings. The molecule has 1 aromatic carbocycles. The number of hydrogen-bond donors (Lipinski definition) is 2. The molecular weight excluding hydrogens is 282 g/mol. The summed E-state index contributed by atoms with van der Waals surface area (Å²) in [5.41, 5.74) is 0.526. The number of ether oxygens (including phenoxy) is 1. The summed E-state index contributed by atoms with van der Waals surface area (Å²) in [7, 11) is 1.62. The number of benzene rings is 1. The number of hydrogen-bond acceptors (Lipinski definition) is 3. The highest BCUT2D eigenvalue weighted by atomic mass is 16.5. The summed E-state index contributed by atoms with van der Waals surface area (Å²) in [6.07, 6.45) is 4.49. The van der Waals surface area contributed by atoms with E-state index in [1.165, 1.54) is 0 Å². The summed E-state index contributed by atoms with van der Waals surface area (Å²) in [4.78, 5) is 23.2. The average Bonchev–Trinajstić information content (AvgIpc) is 2.92. The lowest BCUT2D eigenvalue weighted by Gasteiger charge is -2.28. The third kappa shape index (κ3) is 4.48. The Morgan fingerprint density at radius 3 is 2.41 bits per heavy atom. The first-order valence-electron chi connectivity index (χ1n) is 7.69. The Morgan fingerprint density at radius 2 is 1.86 bits per heavy atom. The molecule has 1 saturated carbocycles. The van der Waals surface area contributed by atoms with Crippen LogP contribution >= 0.6 is 0 Å². The van der Waals surface area contributed by atoms with Crippen molar-refractivity contribution in [1.82, 2.24) is 5.32 Å². The highest BCUT2D eigenvalue weighted by molar-refractivity contribution is 5.78. The lowest BCUT2D eigenvalue weighted by atomic mass is 9.93. The zero-order valence-electron chi connectivity index (χ0n) is 12.9. The first-order valence-corrected chi connectivity index (χ1v) is 7.69. The summed E-state index contributed by atoms with van der Waals surface area (Å²) in [6, 6.07) is 7.62. The number of aryl methyl sites for hydroxylation is 1. The number of carboxylic acids is 1. The maximum Gasteiger partial charge on any atom is 0.305 e. The van der Waals surface area contributed by atoms with Crippen LogP contribution < -0.4 is 10.1 Å². The number of carbonyl (C=O) groups excluding carboxylic acids is 1. The molecule has 0 bridgehead atoms. The van der Waals surface area contributed by atoms with Crippen LogP contribution in [0.3, 0.4) is 0 Å². The average molecular weight is 305 g/mol. The van der Waals surface area contributed by atoms with Gasteiger partial charge in [-0.15, -0.1) is 0 Å². The second-order valence-electron chi connectivity index (χ2n) is 5.95. The molecule has 0 heterocycles. The molecule has 0 spiro atoms. The van der Waals surface area contributed by atoms with Crippen LogP contribution in [0.25, 0.3) is 0 Å². The van der Waals surface area contributed by atoms with Crippen LogP contribution in [0.2, 0.25) is 0 Å². The molecule has 5 heteroatoms. The molecule has 0 unspecified atom stereocenters. The number of carboxylic acid groups (broad SMARTS) is 1. The Labute approximate surface area is 130 Å². The number of methoxy groups -OCH3 is 1. The van der Waals surface area contributed by atoms with Crippen molar-refractivity contribution in [2.45, 2.75) is 50.5 Å². The van der Waals surface area contributed by atoms with Crippen molar-refractivity contribution >= 4 is 11.9 Å². The predicted molar refractivity (Wildman–Crippen MR) is 82.9 cm³/mol. The summed E-state index contributed by atoms with van der Waals surface area (Å²) in [5.74, 6) is -0.129. The van der Waals surface area contributed by atoms with Crippen LogP contribution in [0.4, 0.5) is 0 Å². The molecule has 0 aromatic heterocycles. The van der Waals surface area contributed by atoms with Crippen LogP contribution in [0.15, 0.2) is 24.3 Å². The van der Waals surface area contributed by atoms with Gasteiger partial charge in [-0.3, -0.25) is 9.59 Å². The van der Waals surface area contributed by atoms with Gasteiger partial charge in [-0.1, -0.05) is 25.0 Å².